The van der Waals surface area contributed by atoms with Gasteiger partial charge in [0.05, 0.1) is 0 Å². The van der Waals surface area contributed by atoms with Crippen molar-refractivity contribution in [2.75, 3.05) is 39.8 Å². The largest absolute Gasteiger partial charge is 0.368 e. The Balaban J connectivity index is 1.81. The van der Waals surface area contributed by atoms with Gasteiger partial charge in [-0.1, -0.05) is 6.42 Å². The number of nitrogens with zero attached hydrogens (tertiary/aromatic N) is 2. The van der Waals surface area contributed by atoms with Crippen LogP contribution in [0, 0.1) is 0 Å². The minimum atomic E-state index is -0.195. The maximum absolute atomic E-state index is 11.4. The fraction of sp³-hybridized carbons (Fsp3) is 0.923. The molecule has 2 aliphatic heterocycles. The average molecular weight is 254 g/mol. The van der Waals surface area contributed by atoms with Crippen LogP contribution in [0.1, 0.15) is 25.7 Å². The molecule has 2 heterocycles. The highest BCUT2D eigenvalue weighted by atomic mass is 16.1. The molecule has 0 aliphatic carbocycles. The topological polar surface area (TPSA) is 61.6 Å². The third-order valence-electron chi connectivity index (χ3n) is 4.35. The van der Waals surface area contributed by atoms with Crippen molar-refractivity contribution in [1.82, 2.24) is 15.1 Å². The van der Waals surface area contributed by atoms with Crippen LogP contribution in [0.5, 0.6) is 0 Å². The van der Waals surface area contributed by atoms with E-state index in [9.17, 15) is 4.79 Å². The quantitative estimate of drug-likeness (QED) is 0.718. The van der Waals surface area contributed by atoms with Gasteiger partial charge in [0.1, 0.15) is 6.04 Å². The van der Waals surface area contributed by atoms with E-state index in [0.717, 1.165) is 26.1 Å². The molecule has 2 unspecified atom stereocenters. The number of carbonyl (C=O) groups excluding carboxylic acids is 1. The number of piperidine rings is 1. The van der Waals surface area contributed by atoms with Crippen molar-refractivity contribution in [2.45, 2.75) is 37.8 Å². The Kier molecular flexibility index (Phi) is 4.97. The van der Waals surface area contributed by atoms with Crippen molar-refractivity contribution >= 4 is 5.91 Å². The number of nitrogens with one attached hydrogen (secondary N) is 1. The molecule has 2 atom stereocenters. The maximum Gasteiger partial charge on any atom is 0.236 e. The van der Waals surface area contributed by atoms with Gasteiger partial charge in [-0.2, -0.15) is 0 Å². The summed E-state index contributed by atoms with van der Waals surface area (Å²) < 4.78 is 0. The Hall–Kier alpha value is -0.650. The fourth-order valence-corrected chi connectivity index (χ4v) is 3.12. The minimum Gasteiger partial charge on any atom is -0.368 e. The third kappa shape index (κ3) is 3.43. The first-order valence-electron chi connectivity index (χ1n) is 7.13. The van der Waals surface area contributed by atoms with Gasteiger partial charge in [0, 0.05) is 32.2 Å². The zero-order valence-corrected chi connectivity index (χ0v) is 11.4. The maximum atomic E-state index is 11.4. The van der Waals surface area contributed by atoms with Gasteiger partial charge >= 0.3 is 0 Å². The first-order chi connectivity index (χ1) is 8.68. The van der Waals surface area contributed by atoms with E-state index < -0.39 is 0 Å². The Morgan fingerprint density at radius 2 is 2.22 bits per heavy atom. The molecule has 18 heavy (non-hydrogen) atoms. The number of hydrogen-bond donors (Lipinski definition) is 2. The van der Waals surface area contributed by atoms with E-state index in [0.29, 0.717) is 12.6 Å². The summed E-state index contributed by atoms with van der Waals surface area (Å²) in [6, 6.07) is 0.565. The smallest absolute Gasteiger partial charge is 0.236 e. The molecule has 0 aromatic rings. The van der Waals surface area contributed by atoms with E-state index in [4.69, 9.17) is 5.73 Å². The molecule has 0 radical (unpaired) electrons. The Labute approximate surface area is 110 Å². The number of nitrogens with two attached hydrogens (primary N) is 1. The van der Waals surface area contributed by atoms with E-state index in [1.165, 1.54) is 25.8 Å². The number of primary amides is 1. The summed E-state index contributed by atoms with van der Waals surface area (Å²) in [6.45, 7) is 4.81. The van der Waals surface area contributed by atoms with Crippen LogP contribution >= 0.6 is 0 Å². The summed E-state index contributed by atoms with van der Waals surface area (Å²) in [7, 11) is 2.22. The monoisotopic (exact) mass is 254 g/mol. The van der Waals surface area contributed by atoms with Gasteiger partial charge in [0.15, 0.2) is 0 Å². The first-order valence-corrected chi connectivity index (χ1v) is 7.13. The number of amides is 1. The lowest BCUT2D eigenvalue weighted by Gasteiger charge is -2.37. The van der Waals surface area contributed by atoms with Crippen LogP contribution in [0.3, 0.4) is 0 Å². The zero-order chi connectivity index (χ0) is 13.0. The third-order valence-corrected chi connectivity index (χ3v) is 4.35. The highest BCUT2D eigenvalue weighted by Crippen LogP contribution is 2.18. The molecule has 0 spiro atoms. The number of carbonyl (C=O) groups is 1. The SMILES string of the molecule is CN1CCCCC1CCN1CCNCC1C(N)=O. The van der Waals surface area contributed by atoms with Crippen molar-refractivity contribution in [3.8, 4) is 0 Å². The van der Waals surface area contributed by atoms with Crippen LogP contribution in [0.4, 0.5) is 0 Å². The molecule has 2 rings (SSSR count). The number of rotatable bonds is 4. The molecule has 2 aliphatic rings. The summed E-state index contributed by atoms with van der Waals surface area (Å²) in [6.07, 6.45) is 5.12. The average Bonchev–Trinajstić information content (AvgIpc) is 2.38. The normalized spacial score (nSPS) is 31.4. The summed E-state index contributed by atoms with van der Waals surface area (Å²) in [5.41, 5.74) is 5.46. The molecule has 0 saturated carbocycles. The van der Waals surface area contributed by atoms with E-state index in [1.807, 2.05) is 0 Å². The molecule has 5 heteroatoms. The summed E-state index contributed by atoms with van der Waals surface area (Å²) in [5.74, 6) is -0.195. The lowest BCUT2D eigenvalue weighted by Crippen LogP contribution is -2.57. The molecule has 0 bridgehead atoms. The Bertz CT molecular complexity index is 284. The van der Waals surface area contributed by atoms with Crippen molar-refractivity contribution in [3.63, 3.8) is 0 Å². The first kappa shape index (κ1) is 13.8. The second kappa shape index (κ2) is 6.50. The van der Waals surface area contributed by atoms with E-state index in [2.05, 4.69) is 22.2 Å². The summed E-state index contributed by atoms with van der Waals surface area (Å²) in [5, 5.41) is 3.24. The molecular formula is C13H26N4O. The van der Waals surface area contributed by atoms with Gasteiger partial charge in [-0.25, -0.2) is 0 Å². The van der Waals surface area contributed by atoms with Crippen molar-refractivity contribution < 1.29 is 4.79 Å². The molecule has 1 amide bonds. The number of piperazine rings is 1. The fourth-order valence-electron chi connectivity index (χ4n) is 3.12. The molecule has 0 aromatic carbocycles. The van der Waals surface area contributed by atoms with Crippen molar-refractivity contribution in [2.24, 2.45) is 5.73 Å². The predicted molar refractivity (Wildman–Crippen MR) is 72.3 cm³/mol. The zero-order valence-electron chi connectivity index (χ0n) is 11.4. The van der Waals surface area contributed by atoms with Crippen LogP contribution in [0.2, 0.25) is 0 Å². The minimum absolute atomic E-state index is 0.118. The van der Waals surface area contributed by atoms with Crippen molar-refractivity contribution in [1.29, 1.82) is 0 Å². The second-order valence-electron chi connectivity index (χ2n) is 5.58. The van der Waals surface area contributed by atoms with Gasteiger partial charge in [-0.15, -0.1) is 0 Å². The van der Waals surface area contributed by atoms with Crippen molar-refractivity contribution in [3.05, 3.63) is 0 Å². The van der Waals surface area contributed by atoms with Gasteiger partial charge in [-0.3, -0.25) is 9.69 Å². The highest BCUT2D eigenvalue weighted by Gasteiger charge is 2.28. The molecule has 0 aromatic heterocycles. The summed E-state index contributed by atoms with van der Waals surface area (Å²) >= 11 is 0. The standard InChI is InChI=1S/C13H26N4O/c1-16-7-3-2-4-11(16)5-8-17-9-6-15-10-12(17)13(14)18/h11-12,15H,2-10H2,1H3,(H2,14,18). The second-order valence-corrected chi connectivity index (χ2v) is 5.58. The van der Waals surface area contributed by atoms with Crippen LogP contribution in [-0.2, 0) is 4.79 Å². The molecule has 2 fully saturated rings. The lowest BCUT2D eigenvalue weighted by atomic mass is 9.99. The van der Waals surface area contributed by atoms with E-state index in [1.54, 1.807) is 0 Å². The van der Waals surface area contributed by atoms with Gasteiger partial charge in [0.25, 0.3) is 0 Å². The van der Waals surface area contributed by atoms with Gasteiger partial charge in [0.2, 0.25) is 5.91 Å². The number of likely N-dealkylation sites (tertiary alicyclic amines) is 1. The summed E-state index contributed by atoms with van der Waals surface area (Å²) in [4.78, 5) is 16.1. The molecule has 5 nitrogen and oxygen atoms in total. The molecule has 2 saturated heterocycles. The Morgan fingerprint density at radius 3 is 2.94 bits per heavy atom. The van der Waals surface area contributed by atoms with E-state index in [-0.39, 0.29) is 11.9 Å². The van der Waals surface area contributed by atoms with Crippen LogP contribution in [0.15, 0.2) is 0 Å². The van der Waals surface area contributed by atoms with Crippen LogP contribution in [0.25, 0.3) is 0 Å². The molecular weight excluding hydrogens is 228 g/mol. The molecule has 3 N–H and O–H groups in total. The molecule has 104 valence electrons. The lowest BCUT2D eigenvalue weighted by molar-refractivity contribution is -0.123. The highest BCUT2D eigenvalue weighted by molar-refractivity contribution is 5.80. The van der Waals surface area contributed by atoms with Gasteiger partial charge in [-0.05, 0) is 32.9 Å². The van der Waals surface area contributed by atoms with Crippen LogP contribution in [-0.4, -0.2) is 67.6 Å². The van der Waals surface area contributed by atoms with Crippen LogP contribution < -0.4 is 11.1 Å². The van der Waals surface area contributed by atoms with Gasteiger partial charge < -0.3 is 16.0 Å². The Morgan fingerprint density at radius 1 is 1.39 bits per heavy atom. The number of hydrogen-bond acceptors (Lipinski definition) is 4. The van der Waals surface area contributed by atoms with E-state index >= 15 is 0 Å². The predicted octanol–water partition coefficient (Wildman–Crippen LogP) is -0.380.